The minimum absolute atomic E-state index is 0.224. The quantitative estimate of drug-likeness (QED) is 0.411. The van der Waals surface area contributed by atoms with E-state index in [2.05, 4.69) is 18.8 Å². The van der Waals surface area contributed by atoms with Crippen molar-refractivity contribution in [3.8, 4) is 0 Å². The molecule has 1 atom stereocenters. The number of imidazole rings is 1. The van der Waals surface area contributed by atoms with Crippen LogP contribution in [0.1, 0.15) is 0 Å². The summed E-state index contributed by atoms with van der Waals surface area (Å²) in [5.74, 6) is 0. The summed E-state index contributed by atoms with van der Waals surface area (Å²) in [4.78, 5) is 30.9. The fourth-order valence-corrected chi connectivity index (χ4v) is 4.57. The number of aromatic nitrogens is 2. The smallest absolute Gasteiger partial charge is 0.303 e. The molecule has 0 fully saturated rings. The van der Waals surface area contributed by atoms with Crippen LogP contribution in [0.3, 0.4) is 0 Å². The van der Waals surface area contributed by atoms with Crippen LogP contribution in [0.15, 0.2) is 48.7 Å². The van der Waals surface area contributed by atoms with Gasteiger partial charge in [-0.05, 0) is 12.1 Å². The highest BCUT2D eigenvalue weighted by Crippen LogP contribution is 2.36. The molecule has 8 heteroatoms. The summed E-state index contributed by atoms with van der Waals surface area (Å²) in [5, 5.41) is 5.42. The summed E-state index contributed by atoms with van der Waals surface area (Å²) in [6, 6.07) is 8.58. The van der Waals surface area contributed by atoms with Gasteiger partial charge in [0.05, 0.1) is 5.52 Å². The lowest BCUT2D eigenvalue weighted by molar-refractivity contribution is 0.685. The maximum Gasteiger partial charge on any atom is 0.346 e. The summed E-state index contributed by atoms with van der Waals surface area (Å²) in [6.45, 7) is 0. The minimum Gasteiger partial charge on any atom is -0.303 e. The van der Waals surface area contributed by atoms with Crippen molar-refractivity contribution in [2.45, 2.75) is 0 Å². The van der Waals surface area contributed by atoms with Gasteiger partial charge in [-0.25, -0.2) is 9.00 Å². The van der Waals surface area contributed by atoms with Gasteiger partial charge in [0.2, 0.25) is 0 Å². The molecule has 0 amide bonds. The first-order valence-electron chi connectivity index (χ1n) is 7.48. The van der Waals surface area contributed by atoms with E-state index >= 15 is 0 Å². The number of hydrogen-bond acceptors (Lipinski definition) is 4. The van der Waals surface area contributed by atoms with E-state index in [9.17, 15) is 13.8 Å². The Morgan fingerprint density at radius 2 is 1.56 bits per heavy atom. The second kappa shape index (κ2) is 4.04. The molecule has 0 spiro atoms. The Bertz CT molecular complexity index is 1660. The predicted octanol–water partition coefficient (Wildman–Crippen LogP) is 0.450. The molecule has 5 aromatic rings. The third kappa shape index (κ3) is 1.46. The SMILES string of the molecule is O=c1cc2c3c(c4cccc5c6[nH]c(=O)nc6c(c1)c2c45)=NS(=O)N=3. The lowest BCUT2D eigenvalue weighted by atomic mass is 9.92. The van der Waals surface area contributed by atoms with Gasteiger partial charge in [0.25, 0.3) is 11.2 Å². The number of H-pyrrole nitrogens is 1. The van der Waals surface area contributed by atoms with E-state index in [0.717, 1.165) is 21.5 Å². The molecule has 0 bridgehead atoms. The van der Waals surface area contributed by atoms with Crippen LogP contribution in [0.5, 0.6) is 0 Å². The third-order valence-electron chi connectivity index (χ3n) is 4.71. The van der Waals surface area contributed by atoms with Crippen LogP contribution in [-0.4, -0.2) is 14.2 Å². The molecule has 1 aliphatic rings. The Kier molecular flexibility index (Phi) is 2.11. The fourth-order valence-electron chi connectivity index (χ4n) is 3.84. The third-order valence-corrected chi connectivity index (χ3v) is 5.38. The zero-order chi connectivity index (χ0) is 16.9. The molecule has 6 rings (SSSR count). The molecule has 1 aromatic heterocycles. The summed E-state index contributed by atoms with van der Waals surface area (Å²) in [5.41, 5.74) is 0.370. The van der Waals surface area contributed by atoms with Gasteiger partial charge in [-0.3, -0.25) is 4.79 Å². The summed E-state index contributed by atoms with van der Waals surface area (Å²) >= 11 is -1.70. The van der Waals surface area contributed by atoms with Crippen LogP contribution in [0.2, 0.25) is 0 Å². The van der Waals surface area contributed by atoms with Gasteiger partial charge in [-0.2, -0.15) is 13.8 Å². The lowest BCUT2D eigenvalue weighted by Crippen LogP contribution is -2.25. The molecule has 2 heterocycles. The average molecular weight is 346 g/mol. The molecule has 0 aliphatic carbocycles. The molecular weight excluding hydrogens is 340 g/mol. The minimum atomic E-state index is -1.70. The Balaban J connectivity index is 2.20. The molecule has 4 aromatic carbocycles. The topological polar surface area (TPSA) is 105 Å². The molecule has 118 valence electrons. The summed E-state index contributed by atoms with van der Waals surface area (Å²) in [6.07, 6.45) is 0. The number of fused-ring (bicyclic) bond motifs is 6. The predicted molar refractivity (Wildman–Crippen MR) is 94.0 cm³/mol. The van der Waals surface area contributed by atoms with Gasteiger partial charge in [0.15, 0.2) is 5.43 Å². The van der Waals surface area contributed by atoms with Crippen molar-refractivity contribution < 1.29 is 4.21 Å². The zero-order valence-corrected chi connectivity index (χ0v) is 13.2. The Morgan fingerprint density at radius 3 is 2.40 bits per heavy atom. The summed E-state index contributed by atoms with van der Waals surface area (Å²) in [7, 11) is 0. The van der Waals surface area contributed by atoms with Crippen LogP contribution in [-0.2, 0) is 11.2 Å². The molecule has 1 unspecified atom stereocenters. The number of hydrogen-bond donors (Lipinski definition) is 1. The van der Waals surface area contributed by atoms with Crippen molar-refractivity contribution in [1.29, 1.82) is 0 Å². The highest BCUT2D eigenvalue weighted by molar-refractivity contribution is 7.82. The van der Waals surface area contributed by atoms with Crippen molar-refractivity contribution >= 4 is 54.5 Å². The molecule has 0 saturated carbocycles. The van der Waals surface area contributed by atoms with Crippen LogP contribution in [0.25, 0.3) is 43.4 Å². The molecule has 0 radical (unpaired) electrons. The monoisotopic (exact) mass is 346 g/mol. The zero-order valence-electron chi connectivity index (χ0n) is 12.4. The first-order valence-corrected chi connectivity index (χ1v) is 8.55. The van der Waals surface area contributed by atoms with Gasteiger partial charge >= 0.3 is 5.69 Å². The van der Waals surface area contributed by atoms with E-state index in [1.165, 1.54) is 12.1 Å². The van der Waals surface area contributed by atoms with E-state index in [1.807, 2.05) is 18.2 Å². The number of benzene rings is 4. The molecular formula is C17H6N4O3S. The van der Waals surface area contributed by atoms with E-state index < -0.39 is 16.9 Å². The Hall–Kier alpha value is -3.26. The number of nitrogens with one attached hydrogen (secondary N) is 1. The van der Waals surface area contributed by atoms with Gasteiger partial charge in [-0.1, -0.05) is 18.2 Å². The molecule has 0 saturated heterocycles. The highest BCUT2D eigenvalue weighted by atomic mass is 32.2. The maximum atomic E-state index is 12.3. The van der Waals surface area contributed by atoms with E-state index in [4.69, 9.17) is 0 Å². The van der Waals surface area contributed by atoms with Crippen molar-refractivity contribution in [2.24, 2.45) is 8.80 Å². The van der Waals surface area contributed by atoms with E-state index in [-0.39, 0.29) is 5.43 Å². The Labute approximate surface area is 139 Å². The van der Waals surface area contributed by atoms with Crippen LogP contribution in [0.4, 0.5) is 0 Å². The highest BCUT2D eigenvalue weighted by Gasteiger charge is 2.21. The largest absolute Gasteiger partial charge is 0.346 e. The van der Waals surface area contributed by atoms with E-state index in [1.54, 1.807) is 0 Å². The number of rotatable bonds is 0. The van der Waals surface area contributed by atoms with Crippen LogP contribution >= 0.6 is 0 Å². The van der Waals surface area contributed by atoms with Crippen molar-refractivity contribution in [3.05, 3.63) is 61.8 Å². The van der Waals surface area contributed by atoms with Crippen LogP contribution < -0.4 is 21.8 Å². The average Bonchev–Trinajstić information content (AvgIpc) is 3.16. The molecule has 25 heavy (non-hydrogen) atoms. The summed E-state index contributed by atoms with van der Waals surface area (Å²) < 4.78 is 20.1. The van der Waals surface area contributed by atoms with Crippen LogP contribution in [0, 0.1) is 0 Å². The van der Waals surface area contributed by atoms with Crippen molar-refractivity contribution in [2.75, 3.05) is 0 Å². The first kappa shape index (κ1) is 13.1. The number of nitrogens with zero attached hydrogens (tertiary/aromatic N) is 3. The molecule has 7 nitrogen and oxygen atoms in total. The van der Waals surface area contributed by atoms with Gasteiger partial charge < -0.3 is 4.98 Å². The van der Waals surface area contributed by atoms with Crippen molar-refractivity contribution in [1.82, 2.24) is 9.97 Å². The second-order valence-corrected chi connectivity index (χ2v) is 6.82. The Morgan fingerprint density at radius 1 is 0.880 bits per heavy atom. The fraction of sp³-hybridized carbons (Fsp3) is 0. The van der Waals surface area contributed by atoms with E-state index in [0.29, 0.717) is 32.5 Å². The van der Waals surface area contributed by atoms with Gasteiger partial charge in [0, 0.05) is 32.3 Å². The lowest BCUT2D eigenvalue weighted by Gasteiger charge is -2.11. The first-order chi connectivity index (χ1) is 12.1. The molecule has 1 N–H and O–H groups in total. The maximum absolute atomic E-state index is 12.3. The standard InChI is InChI=1S/C17H6N4O3S/c22-6-4-9-12-10(5-6)16-15(20-25(24)21-16)8-3-1-2-7(11(8)12)13-14(9)19-17(23)18-13/h1-5H,(H,18,23). The number of aromatic amines is 1. The normalized spacial score (nSPS) is 16.7. The van der Waals surface area contributed by atoms with Crippen molar-refractivity contribution in [3.63, 3.8) is 0 Å². The second-order valence-electron chi connectivity index (χ2n) is 6.00. The molecule has 1 aliphatic heterocycles. The van der Waals surface area contributed by atoms with Gasteiger partial charge in [0.1, 0.15) is 16.2 Å². The van der Waals surface area contributed by atoms with Gasteiger partial charge in [-0.15, -0.1) is 0 Å².